The lowest BCUT2D eigenvalue weighted by Gasteiger charge is -2.13. The highest BCUT2D eigenvalue weighted by molar-refractivity contribution is 5.43. The minimum absolute atomic E-state index is 0.430. The number of nitrogens with zero attached hydrogens (tertiary/aromatic N) is 2. The van der Waals surface area contributed by atoms with Crippen molar-refractivity contribution in [3.63, 3.8) is 0 Å². The summed E-state index contributed by atoms with van der Waals surface area (Å²) in [6.45, 7) is 6.98. The summed E-state index contributed by atoms with van der Waals surface area (Å²) >= 11 is 0. The van der Waals surface area contributed by atoms with Crippen molar-refractivity contribution >= 4 is 0 Å². The lowest BCUT2D eigenvalue weighted by atomic mass is 10.1. The average molecular weight is 290 g/mol. The van der Waals surface area contributed by atoms with E-state index in [0.717, 1.165) is 23.5 Å². The van der Waals surface area contributed by atoms with Crippen LogP contribution in [0.15, 0.2) is 24.3 Å². The summed E-state index contributed by atoms with van der Waals surface area (Å²) in [4.78, 5) is 0. The molecule has 0 aliphatic carbocycles. The molecule has 0 aliphatic heterocycles. The van der Waals surface area contributed by atoms with Gasteiger partial charge in [0.1, 0.15) is 6.61 Å². The number of ether oxygens (including phenoxy) is 2. The van der Waals surface area contributed by atoms with E-state index in [-0.39, 0.29) is 0 Å². The third-order valence-corrected chi connectivity index (χ3v) is 3.33. The van der Waals surface area contributed by atoms with Crippen LogP contribution in [0.5, 0.6) is 11.5 Å². The molecule has 0 unspecified atom stereocenters. The molecule has 1 atom stereocenters. The Labute approximate surface area is 125 Å². The molecule has 2 rings (SSSR count). The van der Waals surface area contributed by atoms with Gasteiger partial charge in [0, 0.05) is 6.54 Å². The van der Waals surface area contributed by atoms with E-state index in [4.69, 9.17) is 9.47 Å². The Morgan fingerprint density at radius 1 is 1.29 bits per heavy atom. The molecule has 0 saturated carbocycles. The first-order valence-corrected chi connectivity index (χ1v) is 7.07. The molecule has 21 heavy (non-hydrogen) atoms. The molecule has 0 aliphatic rings. The van der Waals surface area contributed by atoms with Crippen molar-refractivity contribution in [1.29, 1.82) is 0 Å². The zero-order chi connectivity index (χ0) is 15.4. The summed E-state index contributed by atoms with van der Waals surface area (Å²) in [5.74, 6) is 1.27. The average Bonchev–Trinajstić information content (AvgIpc) is 2.84. The van der Waals surface area contributed by atoms with Crippen molar-refractivity contribution in [3.8, 4) is 11.5 Å². The molecule has 2 aromatic rings. The summed E-state index contributed by atoms with van der Waals surface area (Å²) in [6, 6.07) is 7.47. The standard InChI is InChI=1S/C16H22N2O3/c1-5-18-14(8-11(2)17-18)10-21-15-7-6-13(12(3)19)9-16(15)20-4/h6-9,12,19H,5,10H2,1-4H3/t12-/m1/s1. The second-order valence-corrected chi connectivity index (χ2v) is 4.97. The topological polar surface area (TPSA) is 56.5 Å². The Morgan fingerprint density at radius 3 is 2.67 bits per heavy atom. The van der Waals surface area contributed by atoms with Crippen molar-refractivity contribution in [2.75, 3.05) is 7.11 Å². The Balaban J connectivity index is 2.15. The Bertz CT molecular complexity index is 606. The molecule has 1 N–H and O–H groups in total. The van der Waals surface area contributed by atoms with Gasteiger partial charge >= 0.3 is 0 Å². The lowest BCUT2D eigenvalue weighted by molar-refractivity contribution is 0.198. The quantitative estimate of drug-likeness (QED) is 0.889. The molecule has 0 radical (unpaired) electrons. The second-order valence-electron chi connectivity index (χ2n) is 4.97. The van der Waals surface area contributed by atoms with E-state index in [9.17, 15) is 5.11 Å². The number of aromatic nitrogens is 2. The molecule has 0 amide bonds. The fourth-order valence-corrected chi connectivity index (χ4v) is 2.20. The van der Waals surface area contributed by atoms with Crippen LogP contribution in [0, 0.1) is 6.92 Å². The van der Waals surface area contributed by atoms with Crippen molar-refractivity contribution in [2.24, 2.45) is 0 Å². The third kappa shape index (κ3) is 3.55. The normalized spacial score (nSPS) is 12.2. The van der Waals surface area contributed by atoms with Crippen molar-refractivity contribution in [3.05, 3.63) is 41.2 Å². The number of methoxy groups -OCH3 is 1. The van der Waals surface area contributed by atoms with E-state index in [1.807, 2.05) is 36.7 Å². The van der Waals surface area contributed by atoms with Gasteiger partial charge in [-0.2, -0.15) is 5.10 Å². The number of aryl methyl sites for hydroxylation is 2. The molecular formula is C16H22N2O3. The Hall–Kier alpha value is -2.01. The highest BCUT2D eigenvalue weighted by Gasteiger charge is 2.10. The highest BCUT2D eigenvalue weighted by Crippen LogP contribution is 2.30. The molecule has 114 valence electrons. The SMILES string of the molecule is CCn1nc(C)cc1COc1ccc([C@@H](C)O)cc1OC. The molecule has 1 aromatic heterocycles. The summed E-state index contributed by atoms with van der Waals surface area (Å²) < 4.78 is 13.1. The van der Waals surface area contributed by atoms with Crippen molar-refractivity contribution < 1.29 is 14.6 Å². The van der Waals surface area contributed by atoms with E-state index >= 15 is 0 Å². The molecule has 0 fully saturated rings. The number of rotatable bonds is 6. The molecule has 0 bridgehead atoms. The van der Waals surface area contributed by atoms with Crippen molar-refractivity contribution in [2.45, 2.75) is 40.0 Å². The fourth-order valence-electron chi connectivity index (χ4n) is 2.20. The molecule has 0 saturated heterocycles. The first-order chi connectivity index (χ1) is 10.0. The van der Waals surface area contributed by atoms with Crippen LogP contribution in [0.1, 0.15) is 36.9 Å². The van der Waals surface area contributed by atoms with Gasteiger partial charge in [-0.05, 0) is 44.5 Å². The Morgan fingerprint density at radius 2 is 2.05 bits per heavy atom. The molecule has 0 spiro atoms. The predicted octanol–water partition coefficient (Wildman–Crippen LogP) is 2.85. The maximum Gasteiger partial charge on any atom is 0.161 e. The second kappa shape index (κ2) is 6.63. The van der Waals surface area contributed by atoms with Gasteiger partial charge in [-0.3, -0.25) is 4.68 Å². The largest absolute Gasteiger partial charge is 0.493 e. The molecular weight excluding hydrogens is 268 g/mol. The zero-order valence-corrected chi connectivity index (χ0v) is 13.0. The van der Waals surface area contributed by atoms with Gasteiger partial charge in [-0.15, -0.1) is 0 Å². The van der Waals surface area contributed by atoms with Crippen LogP contribution in [0.3, 0.4) is 0 Å². The zero-order valence-electron chi connectivity index (χ0n) is 13.0. The van der Waals surface area contributed by atoms with Crippen molar-refractivity contribution in [1.82, 2.24) is 9.78 Å². The monoisotopic (exact) mass is 290 g/mol. The van der Waals surface area contributed by atoms with Gasteiger partial charge in [0.25, 0.3) is 0 Å². The smallest absolute Gasteiger partial charge is 0.161 e. The molecule has 1 aromatic carbocycles. The van der Waals surface area contributed by atoms with Crippen LogP contribution < -0.4 is 9.47 Å². The summed E-state index contributed by atoms with van der Waals surface area (Å²) in [5.41, 5.74) is 2.80. The minimum atomic E-state index is -0.530. The first kappa shape index (κ1) is 15.4. The first-order valence-electron chi connectivity index (χ1n) is 7.07. The maximum atomic E-state index is 9.61. The lowest BCUT2D eigenvalue weighted by Crippen LogP contribution is -2.06. The van der Waals surface area contributed by atoms with E-state index in [1.165, 1.54) is 0 Å². The van der Waals surface area contributed by atoms with Crippen LogP contribution in [0.2, 0.25) is 0 Å². The predicted molar refractivity (Wildman–Crippen MR) is 80.6 cm³/mol. The number of benzene rings is 1. The number of hydrogen-bond donors (Lipinski definition) is 1. The van der Waals surface area contributed by atoms with E-state index in [0.29, 0.717) is 18.1 Å². The van der Waals surface area contributed by atoms with Gasteiger partial charge in [-0.1, -0.05) is 6.07 Å². The summed E-state index contributed by atoms with van der Waals surface area (Å²) in [5, 5.41) is 14.0. The summed E-state index contributed by atoms with van der Waals surface area (Å²) in [7, 11) is 1.59. The van der Waals surface area contributed by atoms with E-state index in [1.54, 1.807) is 20.1 Å². The number of aliphatic hydroxyl groups is 1. The van der Waals surface area contributed by atoms with Crippen LogP contribution >= 0.6 is 0 Å². The Kier molecular flexibility index (Phi) is 4.85. The summed E-state index contributed by atoms with van der Waals surface area (Å²) in [6.07, 6.45) is -0.530. The van der Waals surface area contributed by atoms with Gasteiger partial charge in [0.05, 0.1) is 24.6 Å². The third-order valence-electron chi connectivity index (χ3n) is 3.33. The van der Waals surface area contributed by atoms with Gasteiger partial charge in [0.15, 0.2) is 11.5 Å². The minimum Gasteiger partial charge on any atom is -0.493 e. The van der Waals surface area contributed by atoms with Crippen LogP contribution in [0.25, 0.3) is 0 Å². The van der Waals surface area contributed by atoms with Gasteiger partial charge < -0.3 is 14.6 Å². The molecule has 1 heterocycles. The molecule has 5 nitrogen and oxygen atoms in total. The number of aliphatic hydroxyl groups excluding tert-OH is 1. The van der Waals surface area contributed by atoms with Crippen LogP contribution in [-0.4, -0.2) is 22.0 Å². The van der Waals surface area contributed by atoms with E-state index in [2.05, 4.69) is 5.10 Å². The molecule has 5 heteroatoms. The van der Waals surface area contributed by atoms with Gasteiger partial charge in [-0.25, -0.2) is 0 Å². The van der Waals surface area contributed by atoms with Crippen LogP contribution in [-0.2, 0) is 13.2 Å². The highest BCUT2D eigenvalue weighted by atomic mass is 16.5. The fraction of sp³-hybridized carbons (Fsp3) is 0.438. The van der Waals surface area contributed by atoms with Crippen LogP contribution in [0.4, 0.5) is 0 Å². The number of hydrogen-bond acceptors (Lipinski definition) is 4. The maximum absolute atomic E-state index is 9.61. The van der Waals surface area contributed by atoms with E-state index < -0.39 is 6.10 Å². The van der Waals surface area contributed by atoms with Gasteiger partial charge in [0.2, 0.25) is 0 Å².